The highest BCUT2D eigenvalue weighted by atomic mass is 19.1. The van der Waals surface area contributed by atoms with Crippen molar-refractivity contribution in [1.82, 2.24) is 9.97 Å². The molecule has 4 heteroatoms. The first-order chi connectivity index (χ1) is 7.26. The van der Waals surface area contributed by atoms with Crippen molar-refractivity contribution in [2.75, 3.05) is 7.05 Å². The Labute approximate surface area is 86.4 Å². The zero-order valence-electron chi connectivity index (χ0n) is 8.29. The molecular weight excluding hydrogens is 193 g/mol. The molecule has 0 amide bonds. The van der Waals surface area contributed by atoms with Gasteiger partial charge in [-0.1, -0.05) is 6.58 Å². The molecule has 0 fully saturated rings. The molecule has 0 radical (unpaired) electrons. The van der Waals surface area contributed by atoms with Gasteiger partial charge in [0.1, 0.15) is 5.65 Å². The van der Waals surface area contributed by atoms with Crippen LogP contribution in [0.5, 0.6) is 0 Å². The van der Waals surface area contributed by atoms with Crippen LogP contribution in [0.3, 0.4) is 0 Å². The second-order valence-corrected chi connectivity index (χ2v) is 3.07. The van der Waals surface area contributed by atoms with Crippen molar-refractivity contribution < 1.29 is 4.39 Å². The highest BCUT2D eigenvalue weighted by Gasteiger charge is 2.08. The van der Waals surface area contributed by atoms with Gasteiger partial charge in [-0.25, -0.2) is 4.98 Å². The molecule has 15 heavy (non-hydrogen) atoms. The molecule has 76 valence electrons. The van der Waals surface area contributed by atoms with Crippen LogP contribution >= 0.6 is 0 Å². The van der Waals surface area contributed by atoms with E-state index < -0.39 is 5.95 Å². The lowest BCUT2D eigenvalue weighted by molar-refractivity contribution is 0.588. The van der Waals surface area contributed by atoms with Crippen molar-refractivity contribution in [2.24, 2.45) is 4.99 Å². The third-order valence-corrected chi connectivity index (χ3v) is 2.16. The minimum Gasteiger partial charge on any atom is -0.339 e. The van der Waals surface area contributed by atoms with E-state index in [1.165, 1.54) is 6.07 Å². The molecule has 0 saturated carbocycles. The second kappa shape index (κ2) is 3.65. The Morgan fingerprint density at radius 1 is 1.53 bits per heavy atom. The Kier molecular flexibility index (Phi) is 2.33. The maximum atomic E-state index is 12.9. The quantitative estimate of drug-likeness (QED) is 0.591. The normalized spacial score (nSPS) is 11.3. The minimum absolute atomic E-state index is 0.501. The van der Waals surface area contributed by atoms with Crippen molar-refractivity contribution in [1.29, 1.82) is 0 Å². The number of aliphatic imine (C=N–C) groups is 1. The van der Waals surface area contributed by atoms with Crippen LogP contribution in [0.15, 0.2) is 23.7 Å². The molecule has 0 atom stereocenters. The van der Waals surface area contributed by atoms with E-state index in [2.05, 4.69) is 21.5 Å². The summed E-state index contributed by atoms with van der Waals surface area (Å²) in [6, 6.07) is 3.01. The molecule has 0 bridgehead atoms. The summed E-state index contributed by atoms with van der Waals surface area (Å²) in [6.45, 7) is 3.68. The van der Waals surface area contributed by atoms with Gasteiger partial charge in [-0.05, 0) is 18.2 Å². The topological polar surface area (TPSA) is 41.0 Å². The molecule has 1 N–H and O–H groups in total. The Morgan fingerprint density at radius 3 is 3.00 bits per heavy atom. The van der Waals surface area contributed by atoms with Crippen LogP contribution < -0.4 is 0 Å². The molecule has 0 unspecified atom stereocenters. The van der Waals surface area contributed by atoms with E-state index in [9.17, 15) is 4.39 Å². The van der Waals surface area contributed by atoms with E-state index in [0.29, 0.717) is 5.65 Å². The summed E-state index contributed by atoms with van der Waals surface area (Å²) in [5.41, 5.74) is 2.20. The predicted molar refractivity (Wildman–Crippen MR) is 59.7 cm³/mol. The number of fused-ring (bicyclic) bond motifs is 1. The summed E-state index contributed by atoms with van der Waals surface area (Å²) in [5, 5.41) is 0.844. The SMILES string of the molecule is C=Cc1[nH]c2nc(F)ccc2c1C=NC. The lowest BCUT2D eigenvalue weighted by Gasteiger charge is -1.91. The molecule has 0 saturated heterocycles. The van der Waals surface area contributed by atoms with Crippen LogP contribution in [0.4, 0.5) is 4.39 Å². The number of aromatic nitrogens is 2. The zero-order valence-corrected chi connectivity index (χ0v) is 8.29. The summed E-state index contributed by atoms with van der Waals surface area (Å²) < 4.78 is 12.9. The van der Waals surface area contributed by atoms with Crippen molar-refractivity contribution >= 4 is 23.3 Å². The van der Waals surface area contributed by atoms with Gasteiger partial charge in [0.15, 0.2) is 0 Å². The van der Waals surface area contributed by atoms with E-state index in [0.717, 1.165) is 16.6 Å². The number of hydrogen-bond donors (Lipinski definition) is 1. The lowest BCUT2D eigenvalue weighted by Crippen LogP contribution is -1.83. The average molecular weight is 203 g/mol. The minimum atomic E-state index is -0.501. The Morgan fingerprint density at radius 2 is 2.33 bits per heavy atom. The monoisotopic (exact) mass is 203 g/mol. The molecule has 2 heterocycles. The molecular formula is C11H10FN3. The standard InChI is InChI=1S/C11H10FN3/c1-3-9-8(6-13-2)7-4-5-10(12)15-11(7)14-9/h3-6H,1H2,2H3,(H,14,15). The molecule has 0 aromatic carbocycles. The number of aromatic amines is 1. The van der Waals surface area contributed by atoms with Crippen LogP contribution in [0.25, 0.3) is 17.1 Å². The van der Waals surface area contributed by atoms with Crippen LogP contribution in [-0.2, 0) is 0 Å². The average Bonchev–Trinajstić information content (AvgIpc) is 2.56. The fourth-order valence-corrected chi connectivity index (χ4v) is 1.52. The second-order valence-electron chi connectivity index (χ2n) is 3.07. The van der Waals surface area contributed by atoms with Gasteiger partial charge in [0.05, 0.1) is 0 Å². The number of pyridine rings is 1. The fourth-order valence-electron chi connectivity index (χ4n) is 1.52. The van der Waals surface area contributed by atoms with Gasteiger partial charge in [0, 0.05) is 29.9 Å². The largest absolute Gasteiger partial charge is 0.339 e. The van der Waals surface area contributed by atoms with Crippen molar-refractivity contribution in [3.05, 3.63) is 35.9 Å². The molecule has 0 aliphatic carbocycles. The van der Waals surface area contributed by atoms with E-state index in [-0.39, 0.29) is 0 Å². The van der Waals surface area contributed by atoms with Crippen LogP contribution in [0, 0.1) is 5.95 Å². The summed E-state index contributed by atoms with van der Waals surface area (Å²) in [7, 11) is 1.68. The highest BCUT2D eigenvalue weighted by molar-refractivity contribution is 6.01. The Hall–Kier alpha value is -1.97. The molecule has 0 aliphatic rings. The first kappa shape index (κ1) is 9.58. The van der Waals surface area contributed by atoms with Gasteiger partial charge in [-0.2, -0.15) is 4.39 Å². The van der Waals surface area contributed by atoms with Gasteiger partial charge in [0.25, 0.3) is 0 Å². The first-order valence-electron chi connectivity index (χ1n) is 4.49. The summed E-state index contributed by atoms with van der Waals surface area (Å²) >= 11 is 0. The van der Waals surface area contributed by atoms with E-state index >= 15 is 0 Å². The summed E-state index contributed by atoms with van der Waals surface area (Å²) in [5.74, 6) is -0.501. The van der Waals surface area contributed by atoms with Gasteiger partial charge in [-0.3, -0.25) is 4.99 Å². The lowest BCUT2D eigenvalue weighted by atomic mass is 10.2. The predicted octanol–water partition coefficient (Wildman–Crippen LogP) is 2.39. The number of rotatable bonds is 2. The maximum absolute atomic E-state index is 12.9. The molecule has 2 rings (SSSR count). The van der Waals surface area contributed by atoms with Gasteiger partial charge in [0.2, 0.25) is 5.95 Å². The highest BCUT2D eigenvalue weighted by Crippen LogP contribution is 2.20. The molecule has 0 aliphatic heterocycles. The zero-order chi connectivity index (χ0) is 10.8. The van der Waals surface area contributed by atoms with Gasteiger partial charge < -0.3 is 4.98 Å². The maximum Gasteiger partial charge on any atom is 0.214 e. The third kappa shape index (κ3) is 1.54. The van der Waals surface area contributed by atoms with Gasteiger partial charge >= 0.3 is 0 Å². The molecule has 2 aromatic heterocycles. The molecule has 2 aromatic rings. The number of nitrogens with zero attached hydrogens (tertiary/aromatic N) is 2. The Bertz CT molecular complexity index is 540. The number of hydrogen-bond acceptors (Lipinski definition) is 2. The third-order valence-electron chi connectivity index (χ3n) is 2.16. The first-order valence-corrected chi connectivity index (χ1v) is 4.49. The summed E-state index contributed by atoms with van der Waals surface area (Å²) in [6.07, 6.45) is 3.37. The number of halogens is 1. The summed E-state index contributed by atoms with van der Waals surface area (Å²) in [4.78, 5) is 10.7. The van der Waals surface area contributed by atoms with Gasteiger partial charge in [-0.15, -0.1) is 0 Å². The van der Waals surface area contributed by atoms with E-state index in [1.807, 2.05) is 0 Å². The van der Waals surface area contributed by atoms with Crippen LogP contribution in [0.1, 0.15) is 11.3 Å². The fraction of sp³-hybridized carbons (Fsp3) is 0.0909. The number of H-pyrrole nitrogens is 1. The van der Waals surface area contributed by atoms with Crippen molar-refractivity contribution in [3.63, 3.8) is 0 Å². The van der Waals surface area contributed by atoms with Crippen LogP contribution in [0.2, 0.25) is 0 Å². The smallest absolute Gasteiger partial charge is 0.214 e. The van der Waals surface area contributed by atoms with Crippen molar-refractivity contribution in [3.8, 4) is 0 Å². The Balaban J connectivity index is 2.79. The van der Waals surface area contributed by atoms with E-state index in [1.54, 1.807) is 25.4 Å². The number of nitrogens with one attached hydrogen (secondary N) is 1. The van der Waals surface area contributed by atoms with Crippen LogP contribution in [-0.4, -0.2) is 23.2 Å². The molecule has 0 spiro atoms. The van der Waals surface area contributed by atoms with Crippen molar-refractivity contribution in [2.45, 2.75) is 0 Å². The molecule has 3 nitrogen and oxygen atoms in total. The van der Waals surface area contributed by atoms with E-state index in [4.69, 9.17) is 0 Å².